The second kappa shape index (κ2) is 7.93. The van der Waals surface area contributed by atoms with Crippen LogP contribution in [-0.2, 0) is 4.79 Å². The highest BCUT2D eigenvalue weighted by molar-refractivity contribution is 5.92. The Balaban J connectivity index is 2.21. The molecule has 150 valence electrons. The van der Waals surface area contributed by atoms with Crippen molar-refractivity contribution in [1.29, 1.82) is 0 Å². The van der Waals surface area contributed by atoms with E-state index in [2.05, 4.69) is 5.32 Å². The standard InChI is InChI=1S/C17H21F3N2O5/c1-9(2)27-14-5-4-10(26-3)6-13(14)21-16(25)22-7-11(15(23)24)12(8-22)17(18,19)20/h4-6,9,11-12H,7-8H2,1-3H3,(H,21,25)(H,23,24)/t11-,12-/m1/s1. The molecule has 1 aliphatic heterocycles. The van der Waals surface area contributed by atoms with Crippen molar-refractivity contribution in [2.24, 2.45) is 11.8 Å². The van der Waals surface area contributed by atoms with Gasteiger partial charge in [-0.05, 0) is 26.0 Å². The van der Waals surface area contributed by atoms with Crippen LogP contribution in [0.25, 0.3) is 0 Å². The molecule has 1 saturated heterocycles. The molecule has 2 N–H and O–H groups in total. The topological polar surface area (TPSA) is 88.1 Å². The second-order valence-electron chi connectivity index (χ2n) is 6.46. The Kier molecular flexibility index (Phi) is 6.07. The molecular formula is C17H21F3N2O5. The van der Waals surface area contributed by atoms with Gasteiger partial charge in [-0.25, -0.2) is 4.79 Å². The second-order valence-corrected chi connectivity index (χ2v) is 6.46. The quantitative estimate of drug-likeness (QED) is 0.806. The van der Waals surface area contributed by atoms with Crippen LogP contribution in [0.15, 0.2) is 18.2 Å². The number of likely N-dealkylation sites (tertiary alicyclic amines) is 1. The number of alkyl halides is 3. The molecule has 0 unspecified atom stereocenters. The van der Waals surface area contributed by atoms with E-state index in [1.54, 1.807) is 26.0 Å². The van der Waals surface area contributed by atoms with Crippen molar-refractivity contribution < 1.29 is 37.3 Å². The molecule has 1 aromatic carbocycles. The predicted octanol–water partition coefficient (Wildman–Crippen LogP) is 3.21. The molecule has 0 radical (unpaired) electrons. The largest absolute Gasteiger partial charge is 0.497 e. The molecule has 0 saturated carbocycles. The summed E-state index contributed by atoms with van der Waals surface area (Å²) in [5.41, 5.74) is 0.218. The third kappa shape index (κ3) is 4.95. The summed E-state index contributed by atoms with van der Waals surface area (Å²) >= 11 is 0. The smallest absolute Gasteiger partial charge is 0.394 e. The van der Waals surface area contributed by atoms with E-state index in [9.17, 15) is 22.8 Å². The fourth-order valence-electron chi connectivity index (χ4n) is 2.84. The number of halogens is 3. The number of rotatable bonds is 5. The van der Waals surface area contributed by atoms with Crippen molar-refractivity contribution in [1.82, 2.24) is 4.90 Å². The average molecular weight is 390 g/mol. The van der Waals surface area contributed by atoms with Crippen molar-refractivity contribution in [2.45, 2.75) is 26.1 Å². The summed E-state index contributed by atoms with van der Waals surface area (Å²) in [5.74, 6) is -4.66. The zero-order valence-electron chi connectivity index (χ0n) is 15.0. The van der Waals surface area contributed by atoms with Gasteiger partial charge in [-0.3, -0.25) is 4.79 Å². The van der Waals surface area contributed by atoms with Crippen LogP contribution in [0.4, 0.5) is 23.7 Å². The van der Waals surface area contributed by atoms with E-state index >= 15 is 0 Å². The van der Waals surface area contributed by atoms with Gasteiger partial charge in [0.05, 0.1) is 30.7 Å². The zero-order valence-corrected chi connectivity index (χ0v) is 15.0. The molecule has 10 heteroatoms. The minimum Gasteiger partial charge on any atom is -0.497 e. The van der Waals surface area contributed by atoms with Crippen molar-refractivity contribution >= 4 is 17.7 Å². The lowest BCUT2D eigenvalue weighted by Gasteiger charge is -2.20. The minimum atomic E-state index is -4.71. The monoisotopic (exact) mass is 390 g/mol. The minimum absolute atomic E-state index is 0.202. The van der Waals surface area contributed by atoms with Crippen molar-refractivity contribution in [3.05, 3.63) is 18.2 Å². The number of carboxylic acids is 1. The third-order valence-electron chi connectivity index (χ3n) is 4.14. The number of hydrogen-bond acceptors (Lipinski definition) is 4. The lowest BCUT2D eigenvalue weighted by molar-refractivity contribution is -0.187. The van der Waals surface area contributed by atoms with Crippen LogP contribution in [0.2, 0.25) is 0 Å². The van der Waals surface area contributed by atoms with Crippen molar-refractivity contribution in [3.8, 4) is 11.5 Å². The number of amides is 2. The molecule has 2 amide bonds. The Labute approximate surface area is 154 Å². The maximum absolute atomic E-state index is 13.1. The van der Waals surface area contributed by atoms with Gasteiger partial charge in [0.25, 0.3) is 0 Å². The number of carboxylic acid groups (broad SMARTS) is 1. The molecule has 0 aromatic heterocycles. The molecule has 1 aliphatic rings. The Hall–Kier alpha value is -2.65. The van der Waals surface area contributed by atoms with Gasteiger partial charge in [0.2, 0.25) is 0 Å². The van der Waals surface area contributed by atoms with Gasteiger partial charge >= 0.3 is 18.2 Å². The number of hydrogen-bond donors (Lipinski definition) is 2. The first-order valence-electron chi connectivity index (χ1n) is 8.23. The summed E-state index contributed by atoms with van der Waals surface area (Å²) in [5, 5.41) is 11.5. The lowest BCUT2D eigenvalue weighted by Crippen LogP contribution is -2.35. The Bertz CT molecular complexity index is 708. The summed E-state index contributed by atoms with van der Waals surface area (Å²) in [6, 6.07) is 3.82. The number of anilines is 1. The summed E-state index contributed by atoms with van der Waals surface area (Å²) in [4.78, 5) is 24.4. The number of urea groups is 1. The van der Waals surface area contributed by atoms with Crippen LogP contribution in [0.3, 0.4) is 0 Å². The Morgan fingerprint density at radius 3 is 2.44 bits per heavy atom. The van der Waals surface area contributed by atoms with Crippen LogP contribution in [0.1, 0.15) is 13.8 Å². The van der Waals surface area contributed by atoms with E-state index in [-0.39, 0.29) is 11.8 Å². The first-order valence-corrected chi connectivity index (χ1v) is 8.23. The fourth-order valence-corrected chi connectivity index (χ4v) is 2.84. The SMILES string of the molecule is COc1ccc(OC(C)C)c(NC(=O)N2C[C@@H](C(F)(F)F)[C@H](C(=O)O)C2)c1. The van der Waals surface area contributed by atoms with Gasteiger partial charge in [0.1, 0.15) is 11.5 Å². The van der Waals surface area contributed by atoms with Crippen molar-refractivity contribution in [3.63, 3.8) is 0 Å². The maximum Gasteiger partial charge on any atom is 0.394 e. The first kappa shape index (κ1) is 20.7. The van der Waals surface area contributed by atoms with Gasteiger partial charge in [0.15, 0.2) is 0 Å². The number of carbonyl (C=O) groups excluding carboxylic acids is 1. The zero-order chi connectivity index (χ0) is 20.4. The van der Waals surface area contributed by atoms with Crippen LogP contribution in [0, 0.1) is 11.8 Å². The molecule has 2 atom stereocenters. The number of nitrogens with zero attached hydrogens (tertiary/aromatic N) is 1. The van der Waals surface area contributed by atoms with E-state index < -0.39 is 43.1 Å². The molecule has 0 aliphatic carbocycles. The van der Waals surface area contributed by atoms with Crippen molar-refractivity contribution in [2.75, 3.05) is 25.5 Å². The fraction of sp³-hybridized carbons (Fsp3) is 0.529. The molecule has 0 bridgehead atoms. The van der Waals surface area contributed by atoms with E-state index in [0.29, 0.717) is 11.5 Å². The molecule has 27 heavy (non-hydrogen) atoms. The van der Waals surface area contributed by atoms with Gasteiger partial charge in [-0.1, -0.05) is 0 Å². The number of nitrogens with one attached hydrogen (secondary N) is 1. The van der Waals surface area contributed by atoms with Gasteiger partial charge in [0, 0.05) is 19.2 Å². The summed E-state index contributed by atoms with van der Waals surface area (Å²) in [7, 11) is 1.43. The number of aliphatic carboxylic acids is 1. The van der Waals surface area contributed by atoms with Crippen LogP contribution in [0.5, 0.6) is 11.5 Å². The van der Waals surface area contributed by atoms with E-state index in [1.165, 1.54) is 13.2 Å². The van der Waals surface area contributed by atoms with Gasteiger partial charge in [-0.2, -0.15) is 13.2 Å². The maximum atomic E-state index is 13.1. The third-order valence-corrected chi connectivity index (χ3v) is 4.14. The highest BCUT2D eigenvalue weighted by atomic mass is 19.4. The lowest BCUT2D eigenvalue weighted by atomic mass is 9.96. The van der Waals surface area contributed by atoms with Gasteiger partial charge < -0.3 is 24.8 Å². The number of benzene rings is 1. The summed E-state index contributed by atoms with van der Waals surface area (Å²) in [6.45, 7) is 2.30. The van der Waals surface area contributed by atoms with E-state index in [0.717, 1.165) is 4.90 Å². The molecule has 1 aromatic rings. The summed E-state index contributed by atoms with van der Waals surface area (Å²) < 4.78 is 49.9. The summed E-state index contributed by atoms with van der Waals surface area (Å²) in [6.07, 6.45) is -4.91. The number of methoxy groups -OCH3 is 1. The van der Waals surface area contributed by atoms with E-state index in [4.69, 9.17) is 14.6 Å². The highest BCUT2D eigenvalue weighted by Crippen LogP contribution is 2.38. The molecule has 7 nitrogen and oxygen atoms in total. The van der Waals surface area contributed by atoms with Crippen LogP contribution < -0.4 is 14.8 Å². The van der Waals surface area contributed by atoms with Gasteiger partial charge in [-0.15, -0.1) is 0 Å². The first-order chi connectivity index (χ1) is 12.5. The molecular weight excluding hydrogens is 369 g/mol. The molecule has 1 heterocycles. The normalized spacial score (nSPS) is 19.9. The van der Waals surface area contributed by atoms with E-state index in [1.807, 2.05) is 0 Å². The number of carbonyl (C=O) groups is 2. The highest BCUT2D eigenvalue weighted by Gasteiger charge is 2.53. The molecule has 2 rings (SSSR count). The Morgan fingerprint density at radius 1 is 1.30 bits per heavy atom. The molecule has 1 fully saturated rings. The van der Waals surface area contributed by atoms with Crippen LogP contribution >= 0.6 is 0 Å². The Morgan fingerprint density at radius 2 is 1.96 bits per heavy atom. The average Bonchev–Trinajstić information content (AvgIpc) is 3.02. The van der Waals surface area contributed by atoms with Crippen LogP contribution in [-0.4, -0.2) is 54.5 Å². The number of ether oxygens (including phenoxy) is 2. The predicted molar refractivity (Wildman–Crippen MR) is 90.0 cm³/mol. The molecule has 0 spiro atoms.